The Kier molecular flexibility index (Phi) is 10.2. The van der Waals surface area contributed by atoms with Crippen molar-refractivity contribution in [3.63, 3.8) is 0 Å². The number of carbonyl (C=O) groups excluding carboxylic acids is 2. The maximum absolute atomic E-state index is 13.7. The number of amides is 2. The second-order valence-electron chi connectivity index (χ2n) is 9.25. The minimum Gasteiger partial charge on any atom is -0.352 e. The molecule has 0 bridgehead atoms. The molecule has 0 unspecified atom stereocenters. The number of halogens is 3. The van der Waals surface area contributed by atoms with Gasteiger partial charge in [-0.15, -0.1) is 0 Å². The molecule has 1 aliphatic rings. The molecule has 3 rings (SSSR count). The van der Waals surface area contributed by atoms with Gasteiger partial charge in [0.25, 0.3) is 0 Å². The van der Waals surface area contributed by atoms with E-state index in [9.17, 15) is 22.4 Å². The van der Waals surface area contributed by atoms with Crippen LogP contribution in [0.5, 0.6) is 0 Å². The van der Waals surface area contributed by atoms with Gasteiger partial charge in [-0.25, -0.2) is 12.8 Å². The van der Waals surface area contributed by atoms with Crippen LogP contribution in [0.1, 0.15) is 51.0 Å². The molecule has 1 aliphatic carbocycles. The standard InChI is InChI=1S/C26H32Cl2FN3O4S/c1-3-24(26(34)30-19-10-5-4-6-11-19)31(16-18-9-7-8-12-21(18)27)25(33)17-32(37(2,35)36)20-13-14-23(29)22(28)15-20/h7-9,12-15,19,24H,3-6,10-11,16-17H2,1-2H3,(H,30,34)/t24-/m1/s1. The predicted molar refractivity (Wildman–Crippen MR) is 145 cm³/mol. The van der Waals surface area contributed by atoms with Gasteiger partial charge in [0, 0.05) is 17.6 Å². The van der Waals surface area contributed by atoms with Gasteiger partial charge < -0.3 is 10.2 Å². The van der Waals surface area contributed by atoms with Gasteiger partial charge in [-0.05, 0) is 49.1 Å². The van der Waals surface area contributed by atoms with E-state index in [1.54, 1.807) is 31.2 Å². The fourth-order valence-electron chi connectivity index (χ4n) is 4.53. The molecule has 0 radical (unpaired) electrons. The SMILES string of the molecule is CC[C@H](C(=O)NC1CCCCC1)N(Cc1ccccc1Cl)C(=O)CN(c1ccc(F)c(Cl)c1)S(C)(=O)=O. The summed E-state index contributed by atoms with van der Waals surface area (Å²) >= 11 is 12.2. The molecule has 0 spiro atoms. The van der Waals surface area contributed by atoms with Crippen molar-refractivity contribution in [2.75, 3.05) is 17.1 Å². The summed E-state index contributed by atoms with van der Waals surface area (Å²) in [4.78, 5) is 28.5. The molecule has 1 saturated carbocycles. The fraction of sp³-hybridized carbons (Fsp3) is 0.462. The molecule has 1 fully saturated rings. The normalized spacial score (nSPS) is 15.2. The molecular formula is C26H32Cl2FN3O4S. The third kappa shape index (κ3) is 7.82. The molecule has 1 N–H and O–H groups in total. The number of anilines is 1. The van der Waals surface area contributed by atoms with Crippen LogP contribution in [0, 0.1) is 5.82 Å². The van der Waals surface area contributed by atoms with E-state index in [1.807, 2.05) is 0 Å². The van der Waals surface area contributed by atoms with Crippen molar-refractivity contribution < 1.29 is 22.4 Å². The molecule has 0 heterocycles. The highest BCUT2D eigenvalue weighted by Crippen LogP contribution is 2.26. The van der Waals surface area contributed by atoms with Gasteiger partial charge in [0.15, 0.2) is 0 Å². The zero-order valence-corrected chi connectivity index (χ0v) is 23.3. The average Bonchev–Trinajstić information content (AvgIpc) is 2.85. The number of nitrogens with one attached hydrogen (secondary N) is 1. The Morgan fingerprint density at radius 2 is 1.76 bits per heavy atom. The minimum atomic E-state index is -3.95. The van der Waals surface area contributed by atoms with Gasteiger partial charge in [0.1, 0.15) is 18.4 Å². The Hall–Kier alpha value is -2.36. The summed E-state index contributed by atoms with van der Waals surface area (Å²) in [5.74, 6) is -1.60. The molecule has 2 aromatic rings. The summed E-state index contributed by atoms with van der Waals surface area (Å²) < 4.78 is 39.9. The summed E-state index contributed by atoms with van der Waals surface area (Å²) in [6.45, 7) is 1.21. The van der Waals surface area contributed by atoms with Crippen molar-refractivity contribution in [1.82, 2.24) is 10.2 Å². The summed E-state index contributed by atoms with van der Waals surface area (Å²) in [6.07, 6.45) is 6.23. The van der Waals surface area contributed by atoms with Crippen LogP contribution < -0.4 is 9.62 Å². The monoisotopic (exact) mass is 571 g/mol. The van der Waals surface area contributed by atoms with E-state index in [0.717, 1.165) is 54.8 Å². The lowest BCUT2D eigenvalue weighted by Crippen LogP contribution is -2.54. The van der Waals surface area contributed by atoms with Crippen molar-refractivity contribution in [2.45, 2.75) is 64.1 Å². The molecule has 2 amide bonds. The van der Waals surface area contributed by atoms with Crippen LogP contribution in [0.15, 0.2) is 42.5 Å². The lowest BCUT2D eigenvalue weighted by molar-refractivity contribution is -0.140. The number of carbonyl (C=O) groups is 2. The predicted octanol–water partition coefficient (Wildman–Crippen LogP) is 5.15. The molecule has 0 saturated heterocycles. The first-order valence-corrected chi connectivity index (χ1v) is 14.9. The zero-order valence-electron chi connectivity index (χ0n) is 20.9. The Balaban J connectivity index is 1.93. The van der Waals surface area contributed by atoms with Crippen molar-refractivity contribution in [3.8, 4) is 0 Å². The zero-order chi connectivity index (χ0) is 27.2. The van der Waals surface area contributed by atoms with E-state index < -0.39 is 34.3 Å². The summed E-state index contributed by atoms with van der Waals surface area (Å²) in [7, 11) is -3.95. The van der Waals surface area contributed by atoms with Gasteiger partial charge in [0.05, 0.1) is 17.0 Å². The minimum absolute atomic E-state index is 0.0108. The van der Waals surface area contributed by atoms with Gasteiger partial charge in [0.2, 0.25) is 21.8 Å². The van der Waals surface area contributed by atoms with Crippen LogP contribution in [0.3, 0.4) is 0 Å². The van der Waals surface area contributed by atoms with E-state index in [0.29, 0.717) is 17.0 Å². The second-order valence-corrected chi connectivity index (χ2v) is 12.0. The van der Waals surface area contributed by atoms with Crippen molar-refractivity contribution >= 4 is 50.7 Å². The number of benzene rings is 2. The van der Waals surface area contributed by atoms with Gasteiger partial charge in [-0.1, -0.05) is 67.6 Å². The first-order chi connectivity index (χ1) is 17.5. The number of nitrogens with zero attached hydrogens (tertiary/aromatic N) is 2. The Bertz CT molecular complexity index is 1220. The molecule has 0 aliphatic heterocycles. The first-order valence-electron chi connectivity index (χ1n) is 12.3. The molecule has 202 valence electrons. The maximum Gasteiger partial charge on any atom is 0.244 e. The maximum atomic E-state index is 13.7. The Labute approximate surface area is 228 Å². The number of sulfonamides is 1. The van der Waals surface area contributed by atoms with Gasteiger partial charge in [-0.3, -0.25) is 13.9 Å². The topological polar surface area (TPSA) is 86.8 Å². The lowest BCUT2D eigenvalue weighted by Gasteiger charge is -2.34. The van der Waals surface area contributed by atoms with E-state index in [-0.39, 0.29) is 29.2 Å². The molecule has 7 nitrogen and oxygen atoms in total. The summed E-state index contributed by atoms with van der Waals surface area (Å²) in [5, 5.41) is 3.23. The summed E-state index contributed by atoms with van der Waals surface area (Å²) in [5.41, 5.74) is 0.664. The van der Waals surface area contributed by atoms with Crippen LogP contribution >= 0.6 is 23.2 Å². The van der Waals surface area contributed by atoms with Crippen LogP contribution in [-0.4, -0.2) is 50.0 Å². The van der Waals surface area contributed by atoms with Crippen molar-refractivity contribution in [3.05, 3.63) is 63.9 Å². The van der Waals surface area contributed by atoms with Crippen LogP contribution in [-0.2, 0) is 26.2 Å². The Morgan fingerprint density at radius 1 is 1.08 bits per heavy atom. The van der Waals surface area contributed by atoms with Crippen LogP contribution in [0.25, 0.3) is 0 Å². The largest absolute Gasteiger partial charge is 0.352 e. The van der Waals surface area contributed by atoms with Crippen LogP contribution in [0.4, 0.5) is 10.1 Å². The number of hydrogen-bond acceptors (Lipinski definition) is 4. The average molecular weight is 573 g/mol. The number of hydrogen-bond donors (Lipinski definition) is 1. The molecule has 2 aromatic carbocycles. The highest BCUT2D eigenvalue weighted by Gasteiger charge is 2.33. The highest BCUT2D eigenvalue weighted by atomic mass is 35.5. The molecular weight excluding hydrogens is 540 g/mol. The van der Waals surface area contributed by atoms with E-state index in [4.69, 9.17) is 23.2 Å². The van der Waals surface area contributed by atoms with Crippen LogP contribution in [0.2, 0.25) is 10.0 Å². The van der Waals surface area contributed by atoms with Crippen molar-refractivity contribution in [2.24, 2.45) is 0 Å². The number of rotatable bonds is 10. The highest BCUT2D eigenvalue weighted by molar-refractivity contribution is 7.92. The second kappa shape index (κ2) is 12.9. The molecule has 1 atom stereocenters. The molecule has 0 aromatic heterocycles. The molecule has 11 heteroatoms. The smallest absolute Gasteiger partial charge is 0.244 e. The summed E-state index contributed by atoms with van der Waals surface area (Å²) in [6, 6.07) is 9.59. The fourth-order valence-corrected chi connectivity index (χ4v) is 5.74. The third-order valence-corrected chi connectivity index (χ3v) is 8.31. The molecule has 37 heavy (non-hydrogen) atoms. The Morgan fingerprint density at radius 3 is 2.35 bits per heavy atom. The van der Waals surface area contributed by atoms with E-state index >= 15 is 0 Å². The first kappa shape index (κ1) is 29.2. The van der Waals surface area contributed by atoms with Crippen molar-refractivity contribution in [1.29, 1.82) is 0 Å². The van der Waals surface area contributed by atoms with Gasteiger partial charge >= 0.3 is 0 Å². The van der Waals surface area contributed by atoms with E-state index in [2.05, 4.69) is 5.32 Å². The quantitative estimate of drug-likeness (QED) is 0.427. The van der Waals surface area contributed by atoms with Gasteiger partial charge in [-0.2, -0.15) is 0 Å². The van der Waals surface area contributed by atoms with E-state index in [1.165, 1.54) is 11.0 Å². The lowest BCUT2D eigenvalue weighted by atomic mass is 9.95. The third-order valence-electron chi connectivity index (χ3n) is 6.51.